The van der Waals surface area contributed by atoms with Crippen molar-refractivity contribution in [3.05, 3.63) is 46.2 Å². The zero-order chi connectivity index (χ0) is 28.6. The fourth-order valence-corrected chi connectivity index (χ4v) is 5.46. The third-order valence-corrected chi connectivity index (χ3v) is 7.85. The van der Waals surface area contributed by atoms with Crippen molar-refractivity contribution in [1.82, 2.24) is 34.8 Å². The van der Waals surface area contributed by atoms with Gasteiger partial charge in [-0.05, 0) is 39.2 Å². The number of halogens is 1. The summed E-state index contributed by atoms with van der Waals surface area (Å²) in [6.45, 7) is 7.91. The third-order valence-electron chi connectivity index (χ3n) is 7.54. The van der Waals surface area contributed by atoms with E-state index in [4.69, 9.17) is 11.6 Å². The van der Waals surface area contributed by atoms with Gasteiger partial charge in [0.2, 0.25) is 0 Å². The number of aryl methyl sites for hydroxylation is 2. The molecule has 4 amide bonds. The van der Waals surface area contributed by atoms with E-state index in [0.717, 1.165) is 56.0 Å². The number of urea groups is 1. The van der Waals surface area contributed by atoms with Crippen LogP contribution in [0.15, 0.2) is 24.4 Å². The minimum atomic E-state index is -0.716. The van der Waals surface area contributed by atoms with Gasteiger partial charge in [-0.3, -0.25) is 19.6 Å². The van der Waals surface area contributed by atoms with Crippen molar-refractivity contribution in [3.8, 4) is 0 Å². The molecule has 2 fully saturated rings. The van der Waals surface area contributed by atoms with Crippen molar-refractivity contribution in [2.75, 3.05) is 76.7 Å². The van der Waals surface area contributed by atoms with Crippen molar-refractivity contribution >= 4 is 51.9 Å². The average Bonchev–Trinajstić information content (AvgIpc) is 3.21. The monoisotopic (exact) mass is 567 g/mol. The average molecular weight is 568 g/mol. The van der Waals surface area contributed by atoms with Gasteiger partial charge >= 0.3 is 6.03 Å². The van der Waals surface area contributed by atoms with E-state index in [2.05, 4.69) is 42.5 Å². The Hall–Kier alpha value is -3.74. The molecular formula is C27H34ClN9O3. The predicted octanol–water partition coefficient (Wildman–Crippen LogP) is 2.03. The van der Waals surface area contributed by atoms with E-state index in [1.54, 1.807) is 21.7 Å². The molecule has 13 heteroatoms. The lowest BCUT2D eigenvalue weighted by atomic mass is 10.1. The van der Waals surface area contributed by atoms with Crippen LogP contribution < -0.4 is 15.5 Å². The van der Waals surface area contributed by atoms with Crippen LogP contribution in [0.25, 0.3) is 11.0 Å². The number of hydrogen-bond acceptors (Lipinski definition) is 8. The van der Waals surface area contributed by atoms with Gasteiger partial charge in [0.1, 0.15) is 0 Å². The van der Waals surface area contributed by atoms with Gasteiger partial charge in [-0.25, -0.2) is 9.78 Å². The number of benzene rings is 1. The van der Waals surface area contributed by atoms with E-state index in [0.29, 0.717) is 35.6 Å². The van der Waals surface area contributed by atoms with Crippen LogP contribution in [0.4, 0.5) is 16.2 Å². The van der Waals surface area contributed by atoms with E-state index >= 15 is 0 Å². The lowest BCUT2D eigenvalue weighted by molar-refractivity contribution is 0.0664. The topological polar surface area (TPSA) is 119 Å². The molecule has 0 aliphatic carbocycles. The minimum absolute atomic E-state index is 0.144. The number of rotatable bonds is 4. The Labute approximate surface area is 237 Å². The van der Waals surface area contributed by atoms with Gasteiger partial charge in [0.15, 0.2) is 5.65 Å². The highest BCUT2D eigenvalue weighted by Crippen LogP contribution is 2.32. The molecule has 0 radical (unpaired) electrons. The van der Waals surface area contributed by atoms with Gasteiger partial charge < -0.3 is 24.9 Å². The van der Waals surface area contributed by atoms with Crippen LogP contribution in [-0.2, 0) is 7.05 Å². The van der Waals surface area contributed by atoms with Gasteiger partial charge in [0.05, 0.1) is 32.9 Å². The van der Waals surface area contributed by atoms with Crippen LogP contribution in [0.1, 0.15) is 26.4 Å². The summed E-state index contributed by atoms with van der Waals surface area (Å²) in [6, 6.07) is 3.99. The molecule has 40 heavy (non-hydrogen) atoms. The maximum absolute atomic E-state index is 13.4. The summed E-state index contributed by atoms with van der Waals surface area (Å²) < 4.78 is 1.69. The highest BCUT2D eigenvalue weighted by molar-refractivity contribution is 6.34. The van der Waals surface area contributed by atoms with Crippen LogP contribution in [0.2, 0.25) is 5.02 Å². The largest absolute Gasteiger partial charge is 0.368 e. The van der Waals surface area contributed by atoms with Gasteiger partial charge in [0.25, 0.3) is 11.8 Å². The SMILES string of the molecule is Cc1nn(C)c2ncc(C(=O)NC(=O)Nc3ccc(C(=O)N4CCN(C)CC4)c(Cl)c3)c(N3CCN(C)CC3)c12. The zero-order valence-corrected chi connectivity index (χ0v) is 24.0. The predicted molar refractivity (Wildman–Crippen MR) is 154 cm³/mol. The second-order valence-electron chi connectivity index (χ2n) is 10.4. The highest BCUT2D eigenvalue weighted by atomic mass is 35.5. The smallest absolute Gasteiger partial charge is 0.326 e. The fraction of sp³-hybridized carbons (Fsp3) is 0.444. The van der Waals surface area contributed by atoms with E-state index in [9.17, 15) is 14.4 Å². The van der Waals surface area contributed by atoms with E-state index in [1.165, 1.54) is 12.3 Å². The third kappa shape index (κ3) is 5.60. The molecule has 2 saturated heterocycles. The molecule has 212 valence electrons. The fourth-order valence-electron chi connectivity index (χ4n) is 5.20. The first-order valence-electron chi connectivity index (χ1n) is 13.3. The second kappa shape index (κ2) is 11.4. The van der Waals surface area contributed by atoms with E-state index in [1.807, 2.05) is 21.0 Å². The molecule has 0 bridgehead atoms. The number of piperazine rings is 2. The van der Waals surface area contributed by atoms with Gasteiger partial charge in [-0.1, -0.05) is 11.6 Å². The second-order valence-corrected chi connectivity index (χ2v) is 10.8. The lowest BCUT2D eigenvalue weighted by Gasteiger charge is -2.35. The van der Waals surface area contributed by atoms with Crippen molar-refractivity contribution < 1.29 is 14.4 Å². The van der Waals surface area contributed by atoms with Crippen LogP contribution in [0.3, 0.4) is 0 Å². The summed E-state index contributed by atoms with van der Waals surface area (Å²) in [4.78, 5) is 52.0. The number of pyridine rings is 1. The number of carbonyl (C=O) groups is 3. The molecule has 0 atom stereocenters. The molecule has 2 aliphatic heterocycles. The van der Waals surface area contributed by atoms with Crippen molar-refractivity contribution in [3.63, 3.8) is 0 Å². The first-order chi connectivity index (χ1) is 19.1. The number of anilines is 2. The molecule has 2 aliphatic rings. The summed E-state index contributed by atoms with van der Waals surface area (Å²) >= 11 is 6.42. The summed E-state index contributed by atoms with van der Waals surface area (Å²) in [5.41, 5.74) is 3.20. The van der Waals surface area contributed by atoms with E-state index < -0.39 is 11.9 Å². The number of imide groups is 1. The summed E-state index contributed by atoms with van der Waals surface area (Å²) in [6.07, 6.45) is 1.50. The van der Waals surface area contributed by atoms with Crippen LogP contribution in [0, 0.1) is 6.92 Å². The molecule has 0 spiro atoms. The summed E-state index contributed by atoms with van der Waals surface area (Å²) in [5, 5.41) is 10.6. The van der Waals surface area contributed by atoms with Gasteiger partial charge in [0, 0.05) is 71.3 Å². The normalized spacial score (nSPS) is 16.8. The number of carbonyl (C=O) groups excluding carboxylic acids is 3. The van der Waals surface area contributed by atoms with Crippen molar-refractivity contribution in [2.45, 2.75) is 6.92 Å². The van der Waals surface area contributed by atoms with Gasteiger partial charge in [-0.2, -0.15) is 5.10 Å². The Kier molecular flexibility index (Phi) is 7.92. The Morgan fingerprint density at radius 3 is 2.20 bits per heavy atom. The van der Waals surface area contributed by atoms with Crippen molar-refractivity contribution in [2.24, 2.45) is 7.05 Å². The Balaban J connectivity index is 1.32. The molecule has 5 rings (SSSR count). The molecule has 0 saturated carbocycles. The Bertz CT molecular complexity index is 1460. The number of fused-ring (bicyclic) bond motifs is 1. The molecular weight excluding hydrogens is 534 g/mol. The minimum Gasteiger partial charge on any atom is -0.368 e. The number of nitrogens with one attached hydrogen (secondary N) is 2. The standard InChI is InChI=1S/C27H34ClN9O3/c1-17-22-23(36-11-7-33(2)8-12-36)20(16-29-24(22)35(4)32-17)25(38)31-27(40)30-18-5-6-19(21(28)15-18)26(39)37-13-9-34(3)10-14-37/h5-6,15-16H,7-14H2,1-4H3,(H2,30,31,38,40). The number of hydrogen-bond donors (Lipinski definition) is 2. The number of aromatic nitrogens is 3. The first-order valence-corrected chi connectivity index (χ1v) is 13.7. The molecule has 12 nitrogen and oxygen atoms in total. The quantitative estimate of drug-likeness (QED) is 0.492. The number of amides is 4. The number of likely N-dealkylation sites (N-methyl/N-ethyl adjacent to an activating group) is 2. The first kappa shape index (κ1) is 27.8. The Morgan fingerprint density at radius 1 is 0.900 bits per heavy atom. The van der Waals surface area contributed by atoms with Gasteiger partial charge in [-0.15, -0.1) is 0 Å². The summed E-state index contributed by atoms with van der Waals surface area (Å²) in [5.74, 6) is -0.716. The van der Waals surface area contributed by atoms with E-state index in [-0.39, 0.29) is 10.9 Å². The molecule has 0 unspecified atom stereocenters. The lowest BCUT2D eigenvalue weighted by Crippen LogP contribution is -2.47. The maximum atomic E-state index is 13.4. The molecule has 2 aromatic heterocycles. The maximum Gasteiger partial charge on any atom is 0.326 e. The molecule has 4 heterocycles. The molecule has 2 N–H and O–H groups in total. The van der Waals surface area contributed by atoms with Crippen LogP contribution in [0.5, 0.6) is 0 Å². The number of nitrogens with zero attached hydrogens (tertiary/aromatic N) is 7. The Morgan fingerprint density at radius 2 is 1.55 bits per heavy atom. The molecule has 3 aromatic rings. The van der Waals surface area contributed by atoms with Crippen molar-refractivity contribution in [1.29, 1.82) is 0 Å². The van der Waals surface area contributed by atoms with Crippen LogP contribution in [-0.4, -0.2) is 114 Å². The molecule has 1 aromatic carbocycles. The summed E-state index contributed by atoms with van der Waals surface area (Å²) in [7, 11) is 5.90. The zero-order valence-electron chi connectivity index (χ0n) is 23.2. The van der Waals surface area contributed by atoms with Crippen LogP contribution >= 0.6 is 11.6 Å². The highest BCUT2D eigenvalue weighted by Gasteiger charge is 2.27.